The molecule has 1 fully saturated rings. The minimum absolute atomic E-state index is 0.0529. The van der Waals surface area contributed by atoms with Crippen molar-refractivity contribution in [1.82, 2.24) is 14.9 Å². The molecule has 0 aromatic carbocycles. The summed E-state index contributed by atoms with van der Waals surface area (Å²) in [5, 5.41) is 12.8. The van der Waals surface area contributed by atoms with Crippen LogP contribution in [0, 0.1) is 0 Å². The normalized spacial score (nSPS) is 23.1. The first-order valence-corrected chi connectivity index (χ1v) is 12.6. The number of carbonyl (C=O) groups excluding carboxylic acids is 3. The van der Waals surface area contributed by atoms with Crippen LogP contribution in [0.1, 0.15) is 11.8 Å². The molecule has 1 aromatic rings. The quantitative estimate of drug-likeness (QED) is 0.248. The molecule has 2 amide bonds. The highest BCUT2D eigenvalue weighted by Gasteiger charge is 2.67. The van der Waals surface area contributed by atoms with E-state index in [0.29, 0.717) is 4.88 Å². The summed E-state index contributed by atoms with van der Waals surface area (Å²) in [6, 6.07) is 3.47. The molecule has 2 aliphatic rings. The smallest absolute Gasteiger partial charge is 0.352 e. The number of carboxylic acid groups (broad SMARTS) is 1. The van der Waals surface area contributed by atoms with Crippen molar-refractivity contribution in [2.24, 2.45) is 0 Å². The van der Waals surface area contributed by atoms with Gasteiger partial charge in [-0.2, -0.15) is 4.72 Å². The number of nitrogens with zero attached hydrogens (tertiary/aromatic N) is 1. The third kappa shape index (κ3) is 4.76. The summed E-state index contributed by atoms with van der Waals surface area (Å²) in [7, 11) is -3.96. The lowest BCUT2D eigenvalue weighted by molar-refractivity contribution is -0.160. The average molecular weight is 490 g/mol. The lowest BCUT2D eigenvalue weighted by atomic mass is 9.96. The zero-order valence-corrected chi connectivity index (χ0v) is 18.9. The summed E-state index contributed by atoms with van der Waals surface area (Å²) in [6.45, 7) is 0.844. The fraction of sp³-hybridized carbons (Fsp3) is 0.412. The molecule has 0 aliphatic carbocycles. The van der Waals surface area contributed by atoms with E-state index in [2.05, 4.69) is 10.0 Å². The number of thiophene rings is 1. The van der Waals surface area contributed by atoms with E-state index in [0.717, 1.165) is 22.9 Å². The van der Waals surface area contributed by atoms with E-state index < -0.39 is 50.5 Å². The van der Waals surface area contributed by atoms with E-state index in [4.69, 9.17) is 4.74 Å². The van der Waals surface area contributed by atoms with Gasteiger partial charge in [0.25, 0.3) is 5.91 Å². The van der Waals surface area contributed by atoms with E-state index in [1.54, 1.807) is 17.5 Å². The van der Waals surface area contributed by atoms with Gasteiger partial charge in [0.15, 0.2) is 0 Å². The Bertz CT molecular complexity index is 1070. The van der Waals surface area contributed by atoms with Crippen LogP contribution in [0.4, 0.5) is 0 Å². The second kappa shape index (κ2) is 8.61. The lowest BCUT2D eigenvalue weighted by Gasteiger charge is -2.56. The van der Waals surface area contributed by atoms with Gasteiger partial charge in [-0.05, 0) is 11.4 Å². The molecule has 31 heavy (non-hydrogen) atoms. The average Bonchev–Trinajstić information content (AvgIpc) is 3.16. The number of hydrogen-bond donors (Lipinski definition) is 3. The number of amides is 2. The first-order valence-electron chi connectivity index (χ1n) is 8.81. The molecule has 0 saturated carbocycles. The Balaban J connectivity index is 1.92. The Morgan fingerprint density at radius 2 is 2.10 bits per heavy atom. The van der Waals surface area contributed by atoms with Gasteiger partial charge in [-0.1, -0.05) is 6.07 Å². The van der Waals surface area contributed by atoms with Crippen molar-refractivity contribution in [2.75, 3.05) is 18.6 Å². The predicted molar refractivity (Wildman–Crippen MR) is 111 cm³/mol. The topological polar surface area (TPSA) is 159 Å². The van der Waals surface area contributed by atoms with Crippen molar-refractivity contribution in [3.05, 3.63) is 33.7 Å². The SMILES string of the molecule is CC(=O)OCC1=C(C(=O)O)N2C(=O)C(NC(=O)Cc3cccs3)(NS(C)(=O)=O)[C@H]2SC1. The van der Waals surface area contributed by atoms with Crippen molar-refractivity contribution in [3.8, 4) is 0 Å². The highest BCUT2D eigenvalue weighted by Crippen LogP contribution is 2.45. The fourth-order valence-corrected chi connectivity index (χ4v) is 6.29. The first-order chi connectivity index (χ1) is 14.4. The molecular weight excluding hydrogens is 470 g/mol. The van der Waals surface area contributed by atoms with Crippen LogP contribution in [0.2, 0.25) is 0 Å². The van der Waals surface area contributed by atoms with E-state index in [-0.39, 0.29) is 24.4 Å². The summed E-state index contributed by atoms with van der Waals surface area (Å²) in [5.41, 5.74) is -2.23. The number of hydrogen-bond acceptors (Lipinski definition) is 9. The fourth-order valence-electron chi connectivity index (χ4n) is 3.28. The summed E-state index contributed by atoms with van der Waals surface area (Å²) in [5.74, 6) is -3.53. The monoisotopic (exact) mass is 489 g/mol. The van der Waals surface area contributed by atoms with Crippen LogP contribution < -0.4 is 10.0 Å². The number of esters is 1. The lowest BCUT2D eigenvalue weighted by Crippen LogP contribution is -2.85. The molecule has 3 N–H and O–H groups in total. The maximum Gasteiger partial charge on any atom is 0.352 e. The largest absolute Gasteiger partial charge is 0.477 e. The van der Waals surface area contributed by atoms with Gasteiger partial charge in [0, 0.05) is 23.1 Å². The zero-order valence-electron chi connectivity index (χ0n) is 16.4. The molecule has 1 aromatic heterocycles. The number of carboxylic acids is 1. The van der Waals surface area contributed by atoms with Crippen LogP contribution in [-0.4, -0.2) is 71.8 Å². The van der Waals surface area contributed by atoms with Gasteiger partial charge in [0.2, 0.25) is 21.6 Å². The van der Waals surface area contributed by atoms with Gasteiger partial charge in [-0.3, -0.25) is 19.3 Å². The second-order valence-electron chi connectivity index (χ2n) is 6.86. The Kier molecular flexibility index (Phi) is 6.45. The van der Waals surface area contributed by atoms with Crippen LogP contribution in [-0.2, 0) is 40.4 Å². The predicted octanol–water partition coefficient (Wildman–Crippen LogP) is -0.531. The van der Waals surface area contributed by atoms with Crippen LogP contribution in [0.3, 0.4) is 0 Å². The zero-order chi connectivity index (χ0) is 23.0. The molecule has 2 aliphatic heterocycles. The highest BCUT2D eigenvalue weighted by atomic mass is 32.2. The molecule has 3 rings (SSSR count). The molecule has 3 heterocycles. The molecule has 0 spiro atoms. The number of aliphatic carboxylic acids is 1. The van der Waals surface area contributed by atoms with Gasteiger partial charge in [0.1, 0.15) is 17.7 Å². The number of β-lactam (4-membered cyclic amide) rings is 1. The molecule has 2 atom stereocenters. The number of rotatable bonds is 8. The van der Waals surface area contributed by atoms with Crippen molar-refractivity contribution in [3.63, 3.8) is 0 Å². The first kappa shape index (κ1) is 23.2. The molecule has 0 radical (unpaired) electrons. The number of thioether (sulfide) groups is 1. The van der Waals surface area contributed by atoms with Crippen molar-refractivity contribution >= 4 is 56.9 Å². The maximum absolute atomic E-state index is 13.1. The van der Waals surface area contributed by atoms with E-state index in [1.165, 1.54) is 18.3 Å². The molecule has 11 nitrogen and oxygen atoms in total. The summed E-state index contributed by atoms with van der Waals surface area (Å²) in [4.78, 5) is 50.2. The molecular formula is C17H19N3O8S3. The number of ether oxygens (including phenoxy) is 1. The third-order valence-corrected chi connectivity index (χ3v) is 7.37. The Morgan fingerprint density at radius 1 is 1.39 bits per heavy atom. The van der Waals surface area contributed by atoms with Crippen LogP contribution in [0.15, 0.2) is 28.8 Å². The van der Waals surface area contributed by atoms with E-state index >= 15 is 0 Å². The van der Waals surface area contributed by atoms with E-state index in [9.17, 15) is 32.7 Å². The number of sulfonamides is 1. The number of nitrogens with one attached hydrogen (secondary N) is 2. The van der Waals surface area contributed by atoms with Crippen LogP contribution in [0.5, 0.6) is 0 Å². The summed E-state index contributed by atoms with van der Waals surface area (Å²) >= 11 is 2.37. The van der Waals surface area contributed by atoms with Gasteiger partial charge < -0.3 is 15.2 Å². The Hall–Kier alpha value is -2.42. The van der Waals surface area contributed by atoms with Crippen molar-refractivity contribution < 1.29 is 37.4 Å². The molecule has 0 bridgehead atoms. The van der Waals surface area contributed by atoms with E-state index in [1.807, 2.05) is 0 Å². The van der Waals surface area contributed by atoms with Crippen molar-refractivity contribution in [2.45, 2.75) is 24.4 Å². The minimum atomic E-state index is -3.96. The van der Waals surface area contributed by atoms with Crippen LogP contribution in [0.25, 0.3) is 0 Å². The minimum Gasteiger partial charge on any atom is -0.477 e. The molecule has 1 unspecified atom stereocenters. The third-order valence-electron chi connectivity index (χ3n) is 4.40. The van der Waals surface area contributed by atoms with Gasteiger partial charge in [-0.15, -0.1) is 23.1 Å². The summed E-state index contributed by atoms with van der Waals surface area (Å²) < 4.78 is 31.0. The summed E-state index contributed by atoms with van der Waals surface area (Å²) in [6.07, 6.45) is 0.762. The Morgan fingerprint density at radius 3 is 2.65 bits per heavy atom. The molecule has 168 valence electrons. The molecule has 14 heteroatoms. The maximum atomic E-state index is 13.1. The standard InChI is InChI=1S/C17H19N3O8S3/c1-9(21)28-7-10-8-30-16-17(19-31(2,26)27,15(25)20(16)13(10)14(23)24)18-12(22)6-11-4-3-5-29-11/h3-5,16,19H,6-8H2,1-2H3,(H,18,22)(H,23,24)/t16-,17?/m1/s1. The van der Waals surface area contributed by atoms with Gasteiger partial charge in [0.05, 0.1) is 12.7 Å². The van der Waals surface area contributed by atoms with Gasteiger partial charge >= 0.3 is 11.9 Å². The van der Waals surface area contributed by atoms with Crippen LogP contribution >= 0.6 is 23.1 Å². The van der Waals surface area contributed by atoms with Gasteiger partial charge in [-0.25, -0.2) is 13.2 Å². The second-order valence-corrected chi connectivity index (χ2v) is 10.7. The highest BCUT2D eigenvalue weighted by molar-refractivity contribution is 8.00. The number of carbonyl (C=O) groups is 4. The molecule has 1 saturated heterocycles. The Labute approximate surface area is 185 Å². The van der Waals surface area contributed by atoms with Crippen molar-refractivity contribution in [1.29, 1.82) is 0 Å². The number of fused-ring (bicyclic) bond motifs is 1.